The number of hydrogen-bond acceptors (Lipinski definition) is 5. The van der Waals surface area contributed by atoms with Crippen molar-refractivity contribution in [2.45, 2.75) is 25.7 Å². The van der Waals surface area contributed by atoms with Gasteiger partial charge in [-0.15, -0.1) is 0 Å². The summed E-state index contributed by atoms with van der Waals surface area (Å²) in [7, 11) is 2.89. The van der Waals surface area contributed by atoms with E-state index >= 15 is 0 Å². The number of rotatable bonds is 6. The lowest BCUT2D eigenvalue weighted by Gasteiger charge is -2.30. The second kappa shape index (κ2) is 8.47. The molecule has 1 aliphatic heterocycles. The summed E-state index contributed by atoms with van der Waals surface area (Å²) in [5, 5.41) is 0. The summed E-state index contributed by atoms with van der Waals surface area (Å²) in [6.45, 7) is 1.06. The molecule has 1 saturated heterocycles. The van der Waals surface area contributed by atoms with Crippen molar-refractivity contribution >= 4 is 17.7 Å². The van der Waals surface area contributed by atoms with Gasteiger partial charge in [0.05, 0.1) is 25.7 Å². The van der Waals surface area contributed by atoms with Crippen molar-refractivity contribution in [2.75, 3.05) is 27.3 Å². The van der Waals surface area contributed by atoms with Crippen LogP contribution in [-0.4, -0.2) is 49.9 Å². The Labute approximate surface area is 141 Å². The molecule has 0 unspecified atom stereocenters. The van der Waals surface area contributed by atoms with Crippen LogP contribution >= 0.6 is 0 Å². The zero-order valence-corrected chi connectivity index (χ0v) is 14.1. The van der Waals surface area contributed by atoms with Crippen molar-refractivity contribution < 1.29 is 23.9 Å². The van der Waals surface area contributed by atoms with Crippen LogP contribution in [0.25, 0.3) is 0 Å². The van der Waals surface area contributed by atoms with E-state index in [4.69, 9.17) is 9.47 Å². The van der Waals surface area contributed by atoms with E-state index in [0.29, 0.717) is 37.2 Å². The first-order chi connectivity index (χ1) is 11.6. The summed E-state index contributed by atoms with van der Waals surface area (Å²) in [5.41, 5.74) is 0.497. The maximum atomic E-state index is 12.3. The number of piperidine rings is 1. The van der Waals surface area contributed by atoms with Crippen LogP contribution in [0.3, 0.4) is 0 Å². The highest BCUT2D eigenvalue weighted by Crippen LogP contribution is 2.21. The first-order valence-corrected chi connectivity index (χ1v) is 8.08. The Morgan fingerprint density at radius 1 is 1.08 bits per heavy atom. The molecule has 130 valence electrons. The Morgan fingerprint density at radius 2 is 1.75 bits per heavy atom. The molecule has 1 aromatic carbocycles. The van der Waals surface area contributed by atoms with Crippen molar-refractivity contribution in [1.82, 2.24) is 4.90 Å². The number of hydrogen-bond donors (Lipinski definition) is 0. The monoisotopic (exact) mass is 333 g/mol. The third-order valence-electron chi connectivity index (χ3n) is 4.36. The number of ketones is 1. The van der Waals surface area contributed by atoms with Crippen LogP contribution in [0.2, 0.25) is 0 Å². The van der Waals surface area contributed by atoms with Crippen molar-refractivity contribution in [3.63, 3.8) is 0 Å². The smallest absolute Gasteiger partial charge is 0.308 e. The number of benzene rings is 1. The van der Waals surface area contributed by atoms with Crippen molar-refractivity contribution in [3.05, 3.63) is 29.8 Å². The highest BCUT2D eigenvalue weighted by Gasteiger charge is 2.28. The molecule has 0 spiro atoms. The number of carbonyl (C=O) groups is 3. The fourth-order valence-electron chi connectivity index (χ4n) is 2.92. The van der Waals surface area contributed by atoms with Crippen molar-refractivity contribution in [3.8, 4) is 5.75 Å². The van der Waals surface area contributed by atoms with E-state index in [9.17, 15) is 14.4 Å². The number of esters is 1. The second-order valence-corrected chi connectivity index (χ2v) is 5.80. The Kier molecular flexibility index (Phi) is 6.35. The molecule has 0 atom stereocenters. The zero-order valence-electron chi connectivity index (χ0n) is 14.1. The minimum atomic E-state index is -0.214. The summed E-state index contributed by atoms with van der Waals surface area (Å²) >= 11 is 0. The van der Waals surface area contributed by atoms with E-state index in [-0.39, 0.29) is 36.4 Å². The van der Waals surface area contributed by atoms with E-state index < -0.39 is 0 Å². The molecule has 2 rings (SSSR count). The number of nitrogens with zero attached hydrogens (tertiary/aromatic N) is 1. The normalized spacial score (nSPS) is 15.0. The van der Waals surface area contributed by atoms with Crippen LogP contribution in [0.5, 0.6) is 5.75 Å². The Bertz CT molecular complexity index is 605. The molecule has 0 radical (unpaired) electrons. The minimum Gasteiger partial charge on any atom is -0.496 e. The van der Waals surface area contributed by atoms with Crippen molar-refractivity contribution in [1.29, 1.82) is 0 Å². The first kappa shape index (κ1) is 18.0. The molecular weight excluding hydrogens is 310 g/mol. The standard InChI is InChI=1S/C18H23NO5/c1-23-16-6-4-3-5-14(16)15(20)7-8-17(21)19-11-9-13(10-12-19)18(22)24-2/h3-6,13H,7-12H2,1-2H3. The lowest BCUT2D eigenvalue weighted by molar-refractivity contribution is -0.148. The highest BCUT2D eigenvalue weighted by atomic mass is 16.5. The number of amides is 1. The molecule has 0 N–H and O–H groups in total. The van der Waals surface area contributed by atoms with Crippen molar-refractivity contribution in [2.24, 2.45) is 5.92 Å². The van der Waals surface area contributed by atoms with Gasteiger partial charge in [-0.2, -0.15) is 0 Å². The Balaban J connectivity index is 1.83. The topological polar surface area (TPSA) is 72.9 Å². The van der Waals surface area contributed by atoms with Gasteiger partial charge in [0.15, 0.2) is 5.78 Å². The lowest BCUT2D eigenvalue weighted by Crippen LogP contribution is -2.40. The average molecular weight is 333 g/mol. The fraction of sp³-hybridized carbons (Fsp3) is 0.500. The number of Topliss-reactive ketones (excluding diaryl/α,β-unsaturated/α-hetero) is 1. The van der Waals surface area contributed by atoms with E-state index in [2.05, 4.69) is 0 Å². The molecule has 1 fully saturated rings. The maximum absolute atomic E-state index is 12.3. The number of ether oxygens (including phenoxy) is 2. The maximum Gasteiger partial charge on any atom is 0.308 e. The van der Waals surface area contributed by atoms with E-state index in [1.165, 1.54) is 14.2 Å². The van der Waals surface area contributed by atoms with E-state index in [1.807, 2.05) is 0 Å². The Morgan fingerprint density at radius 3 is 2.38 bits per heavy atom. The van der Waals surface area contributed by atoms with Crippen LogP contribution < -0.4 is 4.74 Å². The minimum absolute atomic E-state index is 0.0541. The molecule has 24 heavy (non-hydrogen) atoms. The van der Waals surface area contributed by atoms with Gasteiger partial charge in [0, 0.05) is 25.9 Å². The SMILES string of the molecule is COC(=O)C1CCN(C(=O)CCC(=O)c2ccccc2OC)CC1. The number of carbonyl (C=O) groups excluding carboxylic acids is 3. The molecule has 0 saturated carbocycles. The average Bonchev–Trinajstić information content (AvgIpc) is 2.65. The van der Waals surface area contributed by atoms with Gasteiger partial charge < -0.3 is 14.4 Å². The number of methoxy groups -OCH3 is 2. The van der Waals surface area contributed by atoms with Crippen LogP contribution in [-0.2, 0) is 14.3 Å². The summed E-state index contributed by atoms with van der Waals surface area (Å²) in [6, 6.07) is 7.00. The third-order valence-corrected chi connectivity index (χ3v) is 4.36. The third kappa shape index (κ3) is 4.34. The van der Waals surface area contributed by atoms with Crippen LogP contribution in [0, 0.1) is 5.92 Å². The molecule has 1 amide bonds. The largest absolute Gasteiger partial charge is 0.496 e. The molecule has 6 heteroatoms. The van der Waals surface area contributed by atoms with Gasteiger partial charge in [-0.1, -0.05) is 12.1 Å². The molecule has 1 heterocycles. The van der Waals surface area contributed by atoms with Gasteiger partial charge in [-0.05, 0) is 25.0 Å². The molecule has 1 aromatic rings. The predicted molar refractivity (Wildman–Crippen MR) is 87.9 cm³/mol. The second-order valence-electron chi connectivity index (χ2n) is 5.80. The fourth-order valence-corrected chi connectivity index (χ4v) is 2.92. The molecule has 0 aliphatic carbocycles. The number of para-hydroxylation sites is 1. The number of likely N-dealkylation sites (tertiary alicyclic amines) is 1. The van der Waals surface area contributed by atoms with E-state index in [0.717, 1.165) is 0 Å². The quantitative estimate of drug-likeness (QED) is 0.588. The molecule has 0 bridgehead atoms. The van der Waals surface area contributed by atoms with Gasteiger partial charge in [0.1, 0.15) is 5.75 Å². The molecule has 6 nitrogen and oxygen atoms in total. The zero-order chi connectivity index (χ0) is 17.5. The summed E-state index contributed by atoms with van der Waals surface area (Å²) < 4.78 is 9.91. The van der Waals surface area contributed by atoms with Gasteiger partial charge in [0.2, 0.25) is 5.91 Å². The van der Waals surface area contributed by atoms with Gasteiger partial charge in [0.25, 0.3) is 0 Å². The molecule has 0 aromatic heterocycles. The summed E-state index contributed by atoms with van der Waals surface area (Å²) in [6.07, 6.45) is 1.54. The lowest BCUT2D eigenvalue weighted by atomic mass is 9.96. The molecular formula is C18H23NO5. The van der Waals surface area contributed by atoms with Gasteiger partial charge >= 0.3 is 5.97 Å². The van der Waals surface area contributed by atoms with Crippen LogP contribution in [0.1, 0.15) is 36.0 Å². The Hall–Kier alpha value is -2.37. The predicted octanol–water partition coefficient (Wildman–Crippen LogP) is 2.07. The first-order valence-electron chi connectivity index (χ1n) is 8.08. The molecule has 1 aliphatic rings. The highest BCUT2D eigenvalue weighted by molar-refractivity contribution is 6.00. The van der Waals surface area contributed by atoms with Gasteiger partial charge in [-0.3, -0.25) is 14.4 Å². The van der Waals surface area contributed by atoms with Gasteiger partial charge in [-0.25, -0.2) is 0 Å². The summed E-state index contributed by atoms with van der Waals surface area (Å²) in [4.78, 5) is 37.8. The van der Waals surface area contributed by atoms with E-state index in [1.54, 1.807) is 29.2 Å². The van der Waals surface area contributed by atoms with Crippen LogP contribution in [0.15, 0.2) is 24.3 Å². The van der Waals surface area contributed by atoms with Crippen LogP contribution in [0.4, 0.5) is 0 Å². The summed E-state index contributed by atoms with van der Waals surface area (Å²) in [5.74, 6) is 0.0170.